The van der Waals surface area contributed by atoms with Crippen LogP contribution in [0.4, 0.5) is 5.69 Å². The third-order valence-electron chi connectivity index (χ3n) is 2.82. The van der Waals surface area contributed by atoms with Gasteiger partial charge in [0.1, 0.15) is 5.69 Å². The molecule has 0 fully saturated rings. The summed E-state index contributed by atoms with van der Waals surface area (Å²) in [5.74, 6) is -0.326. The summed E-state index contributed by atoms with van der Waals surface area (Å²) in [7, 11) is 1.60. The lowest BCUT2D eigenvalue weighted by atomic mass is 10.1. The number of anilines is 1. The first-order chi connectivity index (χ1) is 10.1. The molecule has 0 aliphatic carbocycles. The number of nitrogens with one attached hydrogen (secondary N) is 2. The first kappa shape index (κ1) is 15.2. The average molecular weight is 348 g/mol. The Bertz CT molecular complexity index is 639. The van der Waals surface area contributed by atoms with Crippen molar-refractivity contribution in [3.8, 4) is 0 Å². The second kappa shape index (κ2) is 6.99. The number of likely N-dealkylation sites (N-methyl/N-ethyl adjacent to an activating group) is 1. The number of rotatable bonds is 4. The van der Waals surface area contributed by atoms with Crippen LogP contribution in [-0.4, -0.2) is 23.8 Å². The van der Waals surface area contributed by atoms with Crippen LogP contribution in [0, 0.1) is 0 Å². The minimum absolute atomic E-state index is 0.0501. The Morgan fingerprint density at radius 2 is 1.86 bits per heavy atom. The van der Waals surface area contributed by atoms with Crippen molar-refractivity contribution < 1.29 is 9.59 Å². The Morgan fingerprint density at radius 3 is 2.43 bits per heavy atom. The Kier molecular flexibility index (Phi) is 5.05. The van der Waals surface area contributed by atoms with E-state index < -0.39 is 0 Å². The topological polar surface area (TPSA) is 71.1 Å². The lowest BCUT2D eigenvalue weighted by Gasteiger charge is -2.06. The van der Waals surface area contributed by atoms with E-state index in [-0.39, 0.29) is 11.8 Å². The number of carbonyl (C=O) groups is 2. The van der Waals surface area contributed by atoms with Crippen molar-refractivity contribution in [3.05, 3.63) is 58.3 Å². The standard InChI is InChI=1S/C15H14BrN3O2/c1-17-14(20)8-10-2-5-12(6-3-10)19-15(21)13-7-4-11(16)9-18-13/h2-7,9H,8H2,1H3,(H,17,20)(H,19,21). The van der Waals surface area contributed by atoms with Gasteiger partial charge in [0, 0.05) is 23.4 Å². The van der Waals surface area contributed by atoms with Crippen LogP contribution in [0.5, 0.6) is 0 Å². The maximum absolute atomic E-state index is 12.0. The fourth-order valence-corrected chi connectivity index (χ4v) is 1.92. The zero-order valence-electron chi connectivity index (χ0n) is 11.4. The molecule has 0 aliphatic rings. The van der Waals surface area contributed by atoms with Gasteiger partial charge in [-0.3, -0.25) is 9.59 Å². The first-order valence-corrected chi connectivity index (χ1v) is 7.10. The molecule has 1 aromatic carbocycles. The number of nitrogens with zero attached hydrogens (tertiary/aromatic N) is 1. The van der Waals surface area contributed by atoms with E-state index in [1.54, 1.807) is 49.6 Å². The molecule has 6 heteroatoms. The summed E-state index contributed by atoms with van der Waals surface area (Å²) in [6, 6.07) is 10.5. The van der Waals surface area contributed by atoms with E-state index in [0.717, 1.165) is 10.0 Å². The van der Waals surface area contributed by atoms with Crippen LogP contribution in [-0.2, 0) is 11.2 Å². The van der Waals surface area contributed by atoms with Gasteiger partial charge in [-0.2, -0.15) is 0 Å². The van der Waals surface area contributed by atoms with Gasteiger partial charge < -0.3 is 10.6 Å². The van der Waals surface area contributed by atoms with Gasteiger partial charge in [0.15, 0.2) is 0 Å². The average Bonchev–Trinajstić information content (AvgIpc) is 2.49. The second-order valence-electron chi connectivity index (χ2n) is 4.36. The van der Waals surface area contributed by atoms with E-state index in [4.69, 9.17) is 0 Å². The van der Waals surface area contributed by atoms with Gasteiger partial charge in [-0.25, -0.2) is 4.98 Å². The lowest BCUT2D eigenvalue weighted by molar-refractivity contribution is -0.119. The molecule has 0 atom stereocenters. The monoisotopic (exact) mass is 347 g/mol. The molecule has 2 N–H and O–H groups in total. The molecule has 0 unspecified atom stereocenters. The van der Waals surface area contributed by atoms with Gasteiger partial charge in [0.05, 0.1) is 6.42 Å². The number of aromatic nitrogens is 1. The maximum Gasteiger partial charge on any atom is 0.274 e. The fraction of sp³-hybridized carbons (Fsp3) is 0.133. The van der Waals surface area contributed by atoms with Gasteiger partial charge in [-0.15, -0.1) is 0 Å². The summed E-state index contributed by atoms with van der Waals surface area (Å²) in [5, 5.41) is 5.32. The molecule has 2 rings (SSSR count). The van der Waals surface area contributed by atoms with Gasteiger partial charge in [-0.05, 0) is 45.8 Å². The van der Waals surface area contributed by atoms with Crippen LogP contribution in [0.15, 0.2) is 47.1 Å². The van der Waals surface area contributed by atoms with Gasteiger partial charge >= 0.3 is 0 Å². The van der Waals surface area contributed by atoms with Crippen molar-refractivity contribution in [1.82, 2.24) is 10.3 Å². The molecule has 0 radical (unpaired) electrons. The largest absolute Gasteiger partial charge is 0.359 e. The molecule has 1 aromatic heterocycles. The highest BCUT2D eigenvalue weighted by molar-refractivity contribution is 9.10. The molecule has 5 nitrogen and oxygen atoms in total. The highest BCUT2D eigenvalue weighted by atomic mass is 79.9. The molecule has 2 aromatic rings. The predicted octanol–water partition coefficient (Wildman–Crippen LogP) is 2.38. The number of amides is 2. The number of benzene rings is 1. The molecule has 0 saturated heterocycles. The molecule has 2 amide bonds. The Balaban J connectivity index is 2.01. The number of hydrogen-bond donors (Lipinski definition) is 2. The van der Waals surface area contributed by atoms with Gasteiger partial charge in [0.2, 0.25) is 5.91 Å². The smallest absolute Gasteiger partial charge is 0.274 e. The van der Waals surface area contributed by atoms with Crippen LogP contribution in [0.3, 0.4) is 0 Å². The van der Waals surface area contributed by atoms with Crippen molar-refractivity contribution in [3.63, 3.8) is 0 Å². The van der Waals surface area contributed by atoms with Crippen LogP contribution < -0.4 is 10.6 Å². The molecule has 0 aliphatic heterocycles. The summed E-state index contributed by atoms with van der Waals surface area (Å²) in [6.45, 7) is 0. The zero-order valence-corrected chi connectivity index (χ0v) is 13.0. The van der Waals surface area contributed by atoms with E-state index >= 15 is 0 Å². The minimum Gasteiger partial charge on any atom is -0.359 e. The van der Waals surface area contributed by atoms with E-state index in [1.165, 1.54) is 0 Å². The van der Waals surface area contributed by atoms with E-state index in [1.807, 2.05) is 0 Å². The van der Waals surface area contributed by atoms with Crippen LogP contribution in [0.2, 0.25) is 0 Å². The summed E-state index contributed by atoms with van der Waals surface area (Å²) >= 11 is 3.27. The predicted molar refractivity (Wildman–Crippen MR) is 84.1 cm³/mol. The molecule has 0 spiro atoms. The van der Waals surface area contributed by atoms with Crippen molar-refractivity contribution in [2.75, 3.05) is 12.4 Å². The van der Waals surface area contributed by atoms with Crippen molar-refractivity contribution in [2.24, 2.45) is 0 Å². The number of hydrogen-bond acceptors (Lipinski definition) is 3. The Labute approximate surface area is 130 Å². The van der Waals surface area contributed by atoms with Gasteiger partial charge in [-0.1, -0.05) is 12.1 Å². The fourth-order valence-electron chi connectivity index (χ4n) is 1.68. The summed E-state index contributed by atoms with van der Waals surface area (Å²) < 4.78 is 0.817. The SMILES string of the molecule is CNC(=O)Cc1ccc(NC(=O)c2ccc(Br)cn2)cc1. The zero-order chi connectivity index (χ0) is 15.2. The summed E-state index contributed by atoms with van der Waals surface area (Å²) in [5.41, 5.74) is 1.88. The molecular formula is C15H14BrN3O2. The quantitative estimate of drug-likeness (QED) is 0.891. The number of carbonyl (C=O) groups excluding carboxylic acids is 2. The lowest BCUT2D eigenvalue weighted by Crippen LogP contribution is -2.19. The minimum atomic E-state index is -0.276. The first-order valence-electron chi connectivity index (χ1n) is 6.31. The van der Waals surface area contributed by atoms with Gasteiger partial charge in [0.25, 0.3) is 5.91 Å². The van der Waals surface area contributed by atoms with E-state index in [9.17, 15) is 9.59 Å². The molecule has 108 valence electrons. The van der Waals surface area contributed by atoms with E-state index in [2.05, 4.69) is 31.5 Å². The molecule has 21 heavy (non-hydrogen) atoms. The normalized spacial score (nSPS) is 10.0. The molecule has 0 saturated carbocycles. The van der Waals surface area contributed by atoms with Crippen LogP contribution in [0.25, 0.3) is 0 Å². The third kappa shape index (κ3) is 4.39. The summed E-state index contributed by atoms with van der Waals surface area (Å²) in [4.78, 5) is 27.3. The van der Waals surface area contributed by atoms with Crippen molar-refractivity contribution in [1.29, 1.82) is 0 Å². The molecular weight excluding hydrogens is 334 g/mol. The highest BCUT2D eigenvalue weighted by Gasteiger charge is 2.07. The molecule has 1 heterocycles. The second-order valence-corrected chi connectivity index (χ2v) is 5.28. The van der Waals surface area contributed by atoms with Crippen LogP contribution in [0.1, 0.15) is 16.1 Å². The van der Waals surface area contributed by atoms with Crippen LogP contribution >= 0.6 is 15.9 Å². The maximum atomic E-state index is 12.0. The molecule has 0 bridgehead atoms. The third-order valence-corrected chi connectivity index (χ3v) is 3.28. The van der Waals surface area contributed by atoms with Crippen molar-refractivity contribution in [2.45, 2.75) is 6.42 Å². The van der Waals surface area contributed by atoms with E-state index in [0.29, 0.717) is 17.8 Å². The highest BCUT2D eigenvalue weighted by Crippen LogP contribution is 2.12. The Hall–Kier alpha value is -2.21. The van der Waals surface area contributed by atoms with Crippen molar-refractivity contribution >= 4 is 33.4 Å². The summed E-state index contributed by atoms with van der Waals surface area (Å²) in [6.07, 6.45) is 1.89. The Morgan fingerprint density at radius 1 is 1.14 bits per heavy atom. The number of pyridine rings is 1. The number of halogens is 1.